The van der Waals surface area contributed by atoms with Crippen LogP contribution in [0.25, 0.3) is 10.9 Å². The highest BCUT2D eigenvalue weighted by Crippen LogP contribution is 2.44. The standard InChI is InChI=1S/C25H27BrClF2N5O3/c1-2-17-18-5-4-14(34(18)24(35)36)11-33(17)22-19-15(26)8-16(27)20(29)21(19)30-23(31-22)37-12-25-6-3-7-32(25)10-13(28)9-25/h2,8,13-14,17-18H,1,3-7,9-12H2,(H,35,36)/t13-,14?,17?,18?,25+/m1/s1. The van der Waals surface area contributed by atoms with E-state index in [1.807, 2.05) is 4.90 Å². The van der Waals surface area contributed by atoms with Crippen molar-refractivity contribution in [1.29, 1.82) is 0 Å². The normalized spacial score (nSPS) is 31.2. The zero-order valence-electron chi connectivity index (χ0n) is 20.0. The Kier molecular flexibility index (Phi) is 6.23. The van der Waals surface area contributed by atoms with Gasteiger partial charge in [0.2, 0.25) is 0 Å². The van der Waals surface area contributed by atoms with Gasteiger partial charge < -0.3 is 14.7 Å². The summed E-state index contributed by atoms with van der Waals surface area (Å²) in [6.45, 7) is 5.75. The molecule has 4 aliphatic rings. The number of fused-ring (bicyclic) bond motifs is 4. The Balaban J connectivity index is 1.42. The van der Waals surface area contributed by atoms with Crippen LogP contribution in [0.5, 0.6) is 6.01 Å². The minimum absolute atomic E-state index is 0.00534. The fourth-order valence-electron chi connectivity index (χ4n) is 6.88. The Morgan fingerprint density at radius 2 is 2.19 bits per heavy atom. The van der Waals surface area contributed by atoms with Gasteiger partial charge in [-0.1, -0.05) is 17.7 Å². The summed E-state index contributed by atoms with van der Waals surface area (Å²) in [4.78, 5) is 26.7. The molecule has 4 saturated heterocycles. The third-order valence-corrected chi connectivity index (χ3v) is 9.35. The van der Waals surface area contributed by atoms with E-state index in [4.69, 9.17) is 21.3 Å². The molecule has 1 aromatic carbocycles. The Bertz CT molecular complexity index is 1290. The summed E-state index contributed by atoms with van der Waals surface area (Å²) >= 11 is 9.67. The first-order valence-corrected chi connectivity index (χ1v) is 13.7. The largest absolute Gasteiger partial charge is 0.465 e. The van der Waals surface area contributed by atoms with Crippen LogP contribution in [0.15, 0.2) is 23.2 Å². The van der Waals surface area contributed by atoms with Gasteiger partial charge in [-0.15, -0.1) is 6.58 Å². The van der Waals surface area contributed by atoms with Gasteiger partial charge in [0.25, 0.3) is 0 Å². The first-order chi connectivity index (χ1) is 17.7. The Morgan fingerprint density at radius 1 is 1.38 bits per heavy atom. The molecule has 8 nitrogen and oxygen atoms in total. The molecule has 0 spiro atoms. The minimum Gasteiger partial charge on any atom is -0.465 e. The van der Waals surface area contributed by atoms with E-state index in [0.717, 1.165) is 19.4 Å². The summed E-state index contributed by atoms with van der Waals surface area (Å²) in [6.07, 6.45) is 3.43. The molecule has 4 fully saturated rings. The fraction of sp³-hybridized carbons (Fsp3) is 0.560. The zero-order chi connectivity index (χ0) is 26.1. The first kappa shape index (κ1) is 25.1. The van der Waals surface area contributed by atoms with Crippen molar-refractivity contribution in [2.24, 2.45) is 0 Å². The van der Waals surface area contributed by atoms with E-state index in [-0.39, 0.29) is 41.3 Å². The monoisotopic (exact) mass is 597 g/mol. The smallest absolute Gasteiger partial charge is 0.407 e. The van der Waals surface area contributed by atoms with Crippen molar-refractivity contribution < 1.29 is 23.4 Å². The predicted octanol–water partition coefficient (Wildman–Crippen LogP) is 5.03. The molecular weight excluding hydrogens is 572 g/mol. The third kappa shape index (κ3) is 3.96. The van der Waals surface area contributed by atoms with Gasteiger partial charge >= 0.3 is 12.1 Å². The van der Waals surface area contributed by atoms with Crippen molar-refractivity contribution in [2.45, 2.75) is 61.9 Å². The second-order valence-electron chi connectivity index (χ2n) is 10.4. The van der Waals surface area contributed by atoms with Crippen molar-refractivity contribution in [3.05, 3.63) is 34.0 Å². The summed E-state index contributed by atoms with van der Waals surface area (Å²) in [5.41, 5.74) is -0.410. The summed E-state index contributed by atoms with van der Waals surface area (Å²) in [7, 11) is 0. The number of hydrogen-bond donors (Lipinski definition) is 1. The molecule has 5 atom stereocenters. The van der Waals surface area contributed by atoms with Gasteiger partial charge in [0.05, 0.1) is 34.1 Å². The van der Waals surface area contributed by atoms with Crippen LogP contribution >= 0.6 is 27.5 Å². The van der Waals surface area contributed by atoms with Crippen molar-refractivity contribution in [3.63, 3.8) is 0 Å². The molecule has 12 heteroatoms. The lowest BCUT2D eigenvalue weighted by molar-refractivity contribution is 0.105. The number of anilines is 1. The van der Waals surface area contributed by atoms with Crippen molar-refractivity contribution in [1.82, 2.24) is 19.8 Å². The molecule has 5 heterocycles. The van der Waals surface area contributed by atoms with E-state index >= 15 is 4.39 Å². The maximum Gasteiger partial charge on any atom is 0.407 e. The number of nitrogens with zero attached hydrogens (tertiary/aromatic N) is 5. The molecule has 1 N–H and O–H groups in total. The average molecular weight is 599 g/mol. The Morgan fingerprint density at radius 3 is 2.95 bits per heavy atom. The summed E-state index contributed by atoms with van der Waals surface area (Å²) in [5.74, 6) is -0.272. The number of halogens is 4. The molecular formula is C25H27BrClF2N5O3. The molecule has 37 heavy (non-hydrogen) atoms. The van der Waals surface area contributed by atoms with Crippen molar-refractivity contribution >= 4 is 50.3 Å². The lowest BCUT2D eigenvalue weighted by Crippen LogP contribution is -2.60. The lowest BCUT2D eigenvalue weighted by Gasteiger charge is -2.45. The van der Waals surface area contributed by atoms with Crippen LogP contribution in [-0.2, 0) is 0 Å². The molecule has 2 aromatic rings. The number of hydrogen-bond acceptors (Lipinski definition) is 6. The van der Waals surface area contributed by atoms with E-state index < -0.39 is 23.6 Å². The Hall–Kier alpha value is -2.24. The Labute approximate surface area is 226 Å². The van der Waals surface area contributed by atoms with E-state index in [0.29, 0.717) is 48.0 Å². The summed E-state index contributed by atoms with van der Waals surface area (Å²) < 4.78 is 36.2. The molecule has 4 aliphatic heterocycles. The van der Waals surface area contributed by atoms with Gasteiger partial charge in [-0.2, -0.15) is 9.97 Å². The number of carboxylic acid groups (broad SMARTS) is 1. The van der Waals surface area contributed by atoms with E-state index in [9.17, 15) is 14.3 Å². The van der Waals surface area contributed by atoms with Crippen LogP contribution in [0.1, 0.15) is 32.1 Å². The maximum absolute atomic E-state index is 15.3. The topological polar surface area (TPSA) is 82.0 Å². The van der Waals surface area contributed by atoms with Gasteiger partial charge in [0.15, 0.2) is 5.82 Å². The molecule has 6 rings (SSSR count). The van der Waals surface area contributed by atoms with Crippen LogP contribution in [0.4, 0.5) is 19.4 Å². The van der Waals surface area contributed by atoms with Crippen LogP contribution < -0.4 is 9.64 Å². The van der Waals surface area contributed by atoms with E-state index in [2.05, 4.69) is 32.4 Å². The quantitative estimate of drug-likeness (QED) is 0.382. The van der Waals surface area contributed by atoms with Gasteiger partial charge in [0, 0.05) is 24.0 Å². The van der Waals surface area contributed by atoms with Crippen LogP contribution in [0, 0.1) is 5.82 Å². The molecule has 0 saturated carbocycles. The van der Waals surface area contributed by atoms with Gasteiger partial charge in [0.1, 0.15) is 24.1 Å². The number of ether oxygens (including phenoxy) is 1. The second-order valence-corrected chi connectivity index (χ2v) is 11.7. The number of amides is 1. The number of rotatable bonds is 5. The van der Waals surface area contributed by atoms with E-state index in [1.54, 1.807) is 6.08 Å². The predicted molar refractivity (Wildman–Crippen MR) is 139 cm³/mol. The van der Waals surface area contributed by atoms with Crippen molar-refractivity contribution in [2.75, 3.05) is 31.1 Å². The molecule has 0 aliphatic carbocycles. The number of carbonyl (C=O) groups is 1. The van der Waals surface area contributed by atoms with Gasteiger partial charge in [-0.3, -0.25) is 9.80 Å². The van der Waals surface area contributed by atoms with Gasteiger partial charge in [-0.25, -0.2) is 13.6 Å². The summed E-state index contributed by atoms with van der Waals surface area (Å²) in [6, 6.07) is 0.541. The fourth-order valence-corrected chi connectivity index (χ4v) is 7.81. The zero-order valence-corrected chi connectivity index (χ0v) is 22.4. The lowest BCUT2D eigenvalue weighted by atomic mass is 9.95. The number of aromatic nitrogens is 2. The first-order valence-electron chi connectivity index (χ1n) is 12.5. The third-order valence-electron chi connectivity index (χ3n) is 8.45. The highest BCUT2D eigenvalue weighted by atomic mass is 79.9. The average Bonchev–Trinajstić information content (AvgIpc) is 3.49. The van der Waals surface area contributed by atoms with Gasteiger partial charge in [-0.05, 0) is 54.2 Å². The van der Waals surface area contributed by atoms with E-state index in [1.165, 1.54) is 11.0 Å². The van der Waals surface area contributed by atoms with Crippen LogP contribution in [0.3, 0.4) is 0 Å². The number of piperazine rings is 1. The molecule has 0 radical (unpaired) electrons. The maximum atomic E-state index is 15.3. The summed E-state index contributed by atoms with van der Waals surface area (Å²) in [5, 5.41) is 10.1. The highest BCUT2D eigenvalue weighted by molar-refractivity contribution is 9.10. The second kappa shape index (κ2) is 9.20. The molecule has 2 bridgehead atoms. The van der Waals surface area contributed by atoms with Crippen LogP contribution in [-0.4, -0.2) is 87.0 Å². The molecule has 1 aromatic heterocycles. The SMILES string of the molecule is C=CC1C2CCC(CN1c1nc(OC[C@@]34CCCN3C[C@H](F)C4)nc3c(F)c(Cl)cc(Br)c13)N2C(=O)O. The minimum atomic E-state index is -0.960. The number of benzene rings is 1. The molecule has 1 amide bonds. The number of alkyl halides is 1. The van der Waals surface area contributed by atoms with Crippen molar-refractivity contribution in [3.8, 4) is 6.01 Å². The van der Waals surface area contributed by atoms with Crippen LogP contribution in [0.2, 0.25) is 5.02 Å². The highest BCUT2D eigenvalue weighted by Gasteiger charge is 2.50. The molecule has 198 valence electrons. The molecule has 3 unspecified atom stereocenters.